The Morgan fingerprint density at radius 3 is 2.26 bits per heavy atom. The van der Waals surface area contributed by atoms with Crippen LogP contribution in [-0.2, 0) is 15.0 Å². The van der Waals surface area contributed by atoms with E-state index >= 15 is 0 Å². The standard InChI is InChI=1S/C24H38N4O3/c1-6-13-25-21(29)16-28-14-11-20(12-15-28)27-22(30)17(2)26-23(31)18-7-9-19(10-8-18)24(3,4)5/h7-10,17,20H,6,11-16H2,1-5H3,(H,25,29)(H,26,31)(H,27,30). The highest BCUT2D eigenvalue weighted by molar-refractivity contribution is 5.97. The second-order valence-electron chi connectivity index (χ2n) is 9.43. The Labute approximate surface area is 186 Å². The van der Waals surface area contributed by atoms with Gasteiger partial charge in [0.1, 0.15) is 6.04 Å². The third kappa shape index (κ3) is 7.98. The largest absolute Gasteiger partial charge is 0.355 e. The average Bonchev–Trinajstić information content (AvgIpc) is 2.73. The first kappa shape index (κ1) is 24.9. The third-order valence-electron chi connectivity index (χ3n) is 5.63. The minimum Gasteiger partial charge on any atom is -0.355 e. The van der Waals surface area contributed by atoms with Crippen molar-refractivity contribution in [2.45, 2.75) is 71.4 Å². The Morgan fingerprint density at radius 2 is 1.71 bits per heavy atom. The summed E-state index contributed by atoms with van der Waals surface area (Å²) < 4.78 is 0. The molecule has 3 N–H and O–H groups in total. The van der Waals surface area contributed by atoms with Gasteiger partial charge in [0.15, 0.2) is 0 Å². The number of likely N-dealkylation sites (tertiary alicyclic amines) is 1. The summed E-state index contributed by atoms with van der Waals surface area (Å²) >= 11 is 0. The zero-order valence-electron chi connectivity index (χ0n) is 19.6. The highest BCUT2D eigenvalue weighted by Crippen LogP contribution is 2.22. The molecule has 7 heteroatoms. The summed E-state index contributed by atoms with van der Waals surface area (Å²) in [5, 5.41) is 8.70. The van der Waals surface area contributed by atoms with Gasteiger partial charge in [-0.25, -0.2) is 0 Å². The first-order chi connectivity index (χ1) is 14.6. The molecule has 31 heavy (non-hydrogen) atoms. The summed E-state index contributed by atoms with van der Waals surface area (Å²) in [5.74, 6) is -0.383. The second-order valence-corrected chi connectivity index (χ2v) is 9.43. The molecule has 0 aromatic heterocycles. The van der Waals surface area contributed by atoms with Gasteiger partial charge in [0, 0.05) is 31.2 Å². The van der Waals surface area contributed by atoms with Crippen molar-refractivity contribution < 1.29 is 14.4 Å². The molecule has 1 aliphatic rings. The smallest absolute Gasteiger partial charge is 0.251 e. The van der Waals surface area contributed by atoms with Gasteiger partial charge in [-0.1, -0.05) is 39.8 Å². The molecule has 1 heterocycles. The van der Waals surface area contributed by atoms with E-state index in [9.17, 15) is 14.4 Å². The molecule has 0 spiro atoms. The minimum atomic E-state index is -0.618. The maximum Gasteiger partial charge on any atom is 0.251 e. The van der Waals surface area contributed by atoms with Gasteiger partial charge in [0.2, 0.25) is 11.8 Å². The lowest BCUT2D eigenvalue weighted by Crippen LogP contribution is -2.52. The number of hydrogen-bond donors (Lipinski definition) is 3. The predicted octanol–water partition coefficient (Wildman–Crippen LogP) is 2.21. The average molecular weight is 431 g/mol. The van der Waals surface area contributed by atoms with Crippen LogP contribution in [0.3, 0.4) is 0 Å². The Bertz CT molecular complexity index is 747. The van der Waals surface area contributed by atoms with Gasteiger partial charge in [0.25, 0.3) is 5.91 Å². The number of carbonyl (C=O) groups excluding carboxylic acids is 3. The van der Waals surface area contributed by atoms with Gasteiger partial charge in [-0.3, -0.25) is 19.3 Å². The lowest BCUT2D eigenvalue weighted by Gasteiger charge is -2.32. The van der Waals surface area contributed by atoms with Crippen molar-refractivity contribution in [3.8, 4) is 0 Å². The van der Waals surface area contributed by atoms with Crippen molar-refractivity contribution >= 4 is 17.7 Å². The molecule has 0 saturated carbocycles. The van der Waals surface area contributed by atoms with Crippen molar-refractivity contribution in [1.82, 2.24) is 20.9 Å². The molecular formula is C24H38N4O3. The van der Waals surface area contributed by atoms with E-state index < -0.39 is 6.04 Å². The maximum absolute atomic E-state index is 12.5. The Morgan fingerprint density at radius 1 is 1.10 bits per heavy atom. The number of carbonyl (C=O) groups is 3. The molecule has 1 aromatic carbocycles. The molecule has 1 aliphatic heterocycles. The zero-order valence-corrected chi connectivity index (χ0v) is 19.6. The Hall–Kier alpha value is -2.41. The Kier molecular flexibility index (Phi) is 9.04. The van der Waals surface area contributed by atoms with E-state index in [4.69, 9.17) is 0 Å². The van der Waals surface area contributed by atoms with Crippen LogP contribution in [0, 0.1) is 0 Å². The summed E-state index contributed by atoms with van der Waals surface area (Å²) in [6.07, 6.45) is 2.51. The Balaban J connectivity index is 1.76. The highest BCUT2D eigenvalue weighted by atomic mass is 16.2. The topological polar surface area (TPSA) is 90.5 Å². The summed E-state index contributed by atoms with van der Waals surface area (Å²) in [5.41, 5.74) is 1.73. The third-order valence-corrected chi connectivity index (χ3v) is 5.63. The fraction of sp³-hybridized carbons (Fsp3) is 0.625. The zero-order chi connectivity index (χ0) is 23.0. The summed E-state index contributed by atoms with van der Waals surface area (Å²) in [4.78, 5) is 39.0. The molecule has 1 aromatic rings. The van der Waals surface area contributed by atoms with Gasteiger partial charge in [-0.15, -0.1) is 0 Å². The quantitative estimate of drug-likeness (QED) is 0.590. The number of benzene rings is 1. The van der Waals surface area contributed by atoms with Crippen LogP contribution in [0.5, 0.6) is 0 Å². The number of nitrogens with zero attached hydrogens (tertiary/aromatic N) is 1. The molecule has 0 bridgehead atoms. The molecule has 1 fully saturated rings. The number of hydrogen-bond acceptors (Lipinski definition) is 4. The summed E-state index contributed by atoms with van der Waals surface area (Å²) in [6, 6.07) is 6.95. The first-order valence-corrected chi connectivity index (χ1v) is 11.3. The van der Waals surface area contributed by atoms with Crippen LogP contribution in [0.4, 0.5) is 0 Å². The fourth-order valence-corrected chi connectivity index (χ4v) is 3.55. The van der Waals surface area contributed by atoms with Gasteiger partial charge in [-0.05, 0) is 49.3 Å². The van der Waals surface area contributed by atoms with E-state index in [1.54, 1.807) is 19.1 Å². The number of rotatable bonds is 8. The molecular weight excluding hydrogens is 392 g/mol. The molecule has 1 unspecified atom stereocenters. The van der Waals surface area contributed by atoms with E-state index in [1.807, 2.05) is 19.1 Å². The van der Waals surface area contributed by atoms with Crippen molar-refractivity contribution in [2.75, 3.05) is 26.2 Å². The SMILES string of the molecule is CCCNC(=O)CN1CCC(NC(=O)C(C)NC(=O)c2ccc(C(C)(C)C)cc2)CC1. The normalized spacial score (nSPS) is 16.4. The van der Waals surface area contributed by atoms with Crippen LogP contribution in [-0.4, -0.2) is 60.9 Å². The summed E-state index contributed by atoms with van der Waals surface area (Å²) in [6.45, 7) is 12.7. The minimum absolute atomic E-state index is 0.0249. The molecule has 1 atom stereocenters. The van der Waals surface area contributed by atoms with Crippen LogP contribution in [0.25, 0.3) is 0 Å². The van der Waals surface area contributed by atoms with Crippen molar-refractivity contribution in [1.29, 1.82) is 0 Å². The van der Waals surface area contributed by atoms with E-state index in [1.165, 1.54) is 0 Å². The lowest BCUT2D eigenvalue weighted by atomic mass is 9.86. The van der Waals surface area contributed by atoms with Crippen molar-refractivity contribution in [3.05, 3.63) is 35.4 Å². The lowest BCUT2D eigenvalue weighted by molar-refractivity contribution is -0.125. The van der Waals surface area contributed by atoms with E-state index in [0.717, 1.165) is 37.9 Å². The number of amides is 3. The van der Waals surface area contributed by atoms with Gasteiger partial charge < -0.3 is 16.0 Å². The molecule has 172 valence electrons. The fourth-order valence-electron chi connectivity index (χ4n) is 3.55. The van der Waals surface area contributed by atoms with Crippen LogP contribution < -0.4 is 16.0 Å². The molecule has 0 aliphatic carbocycles. The number of piperidine rings is 1. The van der Waals surface area contributed by atoms with E-state index in [0.29, 0.717) is 18.7 Å². The van der Waals surface area contributed by atoms with Gasteiger partial charge in [0.05, 0.1) is 6.54 Å². The van der Waals surface area contributed by atoms with Crippen LogP contribution in [0.15, 0.2) is 24.3 Å². The molecule has 0 radical (unpaired) electrons. The monoisotopic (exact) mass is 430 g/mol. The van der Waals surface area contributed by atoms with Gasteiger partial charge >= 0.3 is 0 Å². The highest BCUT2D eigenvalue weighted by Gasteiger charge is 2.24. The van der Waals surface area contributed by atoms with Gasteiger partial charge in [-0.2, -0.15) is 0 Å². The van der Waals surface area contributed by atoms with Crippen LogP contribution >= 0.6 is 0 Å². The van der Waals surface area contributed by atoms with E-state index in [-0.39, 0.29) is 29.2 Å². The predicted molar refractivity (Wildman–Crippen MR) is 123 cm³/mol. The number of nitrogens with one attached hydrogen (secondary N) is 3. The first-order valence-electron chi connectivity index (χ1n) is 11.3. The molecule has 7 nitrogen and oxygen atoms in total. The maximum atomic E-state index is 12.5. The summed E-state index contributed by atoms with van der Waals surface area (Å²) in [7, 11) is 0. The van der Waals surface area contributed by atoms with Crippen molar-refractivity contribution in [2.24, 2.45) is 0 Å². The van der Waals surface area contributed by atoms with Crippen LogP contribution in [0.1, 0.15) is 69.8 Å². The second kappa shape index (κ2) is 11.3. The molecule has 2 rings (SSSR count). The van der Waals surface area contributed by atoms with E-state index in [2.05, 4.69) is 41.6 Å². The molecule has 3 amide bonds. The molecule has 1 saturated heterocycles. The van der Waals surface area contributed by atoms with Crippen molar-refractivity contribution in [3.63, 3.8) is 0 Å². The van der Waals surface area contributed by atoms with Crippen LogP contribution in [0.2, 0.25) is 0 Å².